The van der Waals surface area contributed by atoms with E-state index in [1.165, 1.54) is 27.8 Å². The van der Waals surface area contributed by atoms with Crippen LogP contribution in [0.1, 0.15) is 54.6 Å². The maximum absolute atomic E-state index is 3.50. The summed E-state index contributed by atoms with van der Waals surface area (Å²) in [5.74, 6) is 0. The van der Waals surface area contributed by atoms with Crippen LogP contribution >= 0.6 is 0 Å². The van der Waals surface area contributed by atoms with Crippen LogP contribution in [-0.2, 0) is 19.3 Å². The molecule has 0 saturated carbocycles. The van der Waals surface area contributed by atoms with E-state index >= 15 is 0 Å². The SMILES string of the molecule is CCc1ccc(C(NC)c2cc(CC)ccc2CC)cc1. The molecular weight excluding hydrogens is 254 g/mol. The fourth-order valence-corrected chi connectivity index (χ4v) is 2.90. The van der Waals surface area contributed by atoms with Crippen molar-refractivity contribution in [2.45, 2.75) is 46.1 Å². The van der Waals surface area contributed by atoms with E-state index in [0.717, 1.165) is 19.3 Å². The first-order chi connectivity index (χ1) is 10.2. The third-order valence-electron chi connectivity index (χ3n) is 4.32. The molecule has 0 aliphatic carbocycles. The average Bonchev–Trinajstić information content (AvgIpc) is 2.56. The van der Waals surface area contributed by atoms with E-state index in [-0.39, 0.29) is 6.04 Å². The van der Waals surface area contributed by atoms with Crippen LogP contribution in [0.25, 0.3) is 0 Å². The highest BCUT2D eigenvalue weighted by atomic mass is 14.9. The molecule has 0 radical (unpaired) electrons. The monoisotopic (exact) mass is 281 g/mol. The van der Waals surface area contributed by atoms with Crippen LogP contribution in [0.15, 0.2) is 42.5 Å². The molecule has 0 amide bonds. The highest BCUT2D eigenvalue weighted by molar-refractivity contribution is 5.40. The normalized spacial score (nSPS) is 12.4. The second kappa shape index (κ2) is 7.42. The van der Waals surface area contributed by atoms with Crippen molar-refractivity contribution in [1.29, 1.82) is 0 Å². The lowest BCUT2D eigenvalue weighted by Crippen LogP contribution is -2.19. The van der Waals surface area contributed by atoms with Gasteiger partial charge in [-0.15, -0.1) is 0 Å². The van der Waals surface area contributed by atoms with Crippen LogP contribution < -0.4 is 5.32 Å². The second-order valence-corrected chi connectivity index (χ2v) is 5.56. The number of aryl methyl sites for hydroxylation is 3. The number of nitrogens with one attached hydrogen (secondary N) is 1. The number of rotatable bonds is 6. The summed E-state index contributed by atoms with van der Waals surface area (Å²) in [4.78, 5) is 0. The highest BCUT2D eigenvalue weighted by Crippen LogP contribution is 2.27. The summed E-state index contributed by atoms with van der Waals surface area (Å²) in [5, 5.41) is 3.50. The summed E-state index contributed by atoms with van der Waals surface area (Å²) in [5.41, 5.74) is 7.01. The van der Waals surface area contributed by atoms with E-state index in [1.54, 1.807) is 0 Å². The first-order valence-corrected chi connectivity index (χ1v) is 8.11. The molecule has 0 saturated heterocycles. The molecule has 0 aliphatic heterocycles. The summed E-state index contributed by atoms with van der Waals surface area (Å²) in [7, 11) is 2.05. The fraction of sp³-hybridized carbons (Fsp3) is 0.400. The molecule has 0 spiro atoms. The van der Waals surface area contributed by atoms with Gasteiger partial charge in [-0.1, -0.05) is 63.2 Å². The molecule has 0 fully saturated rings. The van der Waals surface area contributed by atoms with Crippen molar-refractivity contribution in [2.24, 2.45) is 0 Å². The summed E-state index contributed by atoms with van der Waals surface area (Å²) in [6.07, 6.45) is 3.25. The van der Waals surface area contributed by atoms with Crippen molar-refractivity contribution in [1.82, 2.24) is 5.32 Å². The Morgan fingerprint density at radius 3 is 1.95 bits per heavy atom. The minimum Gasteiger partial charge on any atom is -0.309 e. The van der Waals surface area contributed by atoms with E-state index in [9.17, 15) is 0 Å². The van der Waals surface area contributed by atoms with Crippen LogP contribution in [0.4, 0.5) is 0 Å². The standard InChI is InChI=1S/C20H27N/c1-5-15-8-12-18(13-9-15)20(21-4)19-14-16(6-2)10-11-17(19)7-3/h8-14,20-21H,5-7H2,1-4H3. The third kappa shape index (κ3) is 3.54. The van der Waals surface area contributed by atoms with Gasteiger partial charge in [-0.25, -0.2) is 0 Å². The molecule has 1 nitrogen and oxygen atoms in total. The molecule has 2 aromatic carbocycles. The Hall–Kier alpha value is -1.60. The molecule has 21 heavy (non-hydrogen) atoms. The van der Waals surface area contributed by atoms with E-state index in [0.29, 0.717) is 0 Å². The maximum atomic E-state index is 3.50. The molecule has 0 aliphatic rings. The van der Waals surface area contributed by atoms with E-state index in [2.05, 4.69) is 75.6 Å². The molecule has 112 valence electrons. The number of hydrogen-bond donors (Lipinski definition) is 1. The van der Waals surface area contributed by atoms with Gasteiger partial charge in [0.15, 0.2) is 0 Å². The summed E-state index contributed by atoms with van der Waals surface area (Å²) in [6, 6.07) is 16.2. The minimum atomic E-state index is 0.275. The summed E-state index contributed by atoms with van der Waals surface area (Å²) < 4.78 is 0. The Morgan fingerprint density at radius 2 is 1.43 bits per heavy atom. The highest BCUT2D eigenvalue weighted by Gasteiger charge is 2.15. The van der Waals surface area contributed by atoms with Gasteiger partial charge in [0.2, 0.25) is 0 Å². The molecule has 1 unspecified atom stereocenters. The molecule has 1 atom stereocenters. The molecule has 1 N–H and O–H groups in total. The molecule has 0 aromatic heterocycles. The molecule has 1 heteroatoms. The van der Waals surface area contributed by atoms with Crippen LogP contribution in [0.2, 0.25) is 0 Å². The van der Waals surface area contributed by atoms with Crippen molar-refractivity contribution in [3.63, 3.8) is 0 Å². The van der Waals surface area contributed by atoms with Gasteiger partial charge in [0.25, 0.3) is 0 Å². The average molecular weight is 281 g/mol. The topological polar surface area (TPSA) is 12.0 Å². The summed E-state index contributed by atoms with van der Waals surface area (Å²) in [6.45, 7) is 6.65. The maximum Gasteiger partial charge on any atom is 0.0577 e. The molecule has 0 bridgehead atoms. The van der Waals surface area contributed by atoms with Crippen molar-refractivity contribution < 1.29 is 0 Å². The van der Waals surface area contributed by atoms with Gasteiger partial charge in [-0.05, 0) is 54.1 Å². The van der Waals surface area contributed by atoms with Crippen LogP contribution in [0, 0.1) is 0 Å². The van der Waals surface area contributed by atoms with Gasteiger partial charge in [0.1, 0.15) is 0 Å². The van der Waals surface area contributed by atoms with Crippen LogP contribution in [0.5, 0.6) is 0 Å². The van der Waals surface area contributed by atoms with Crippen molar-refractivity contribution >= 4 is 0 Å². The zero-order valence-corrected chi connectivity index (χ0v) is 13.7. The largest absolute Gasteiger partial charge is 0.309 e. The third-order valence-corrected chi connectivity index (χ3v) is 4.32. The van der Waals surface area contributed by atoms with Gasteiger partial charge < -0.3 is 5.32 Å². The lowest BCUT2D eigenvalue weighted by atomic mass is 9.91. The van der Waals surface area contributed by atoms with Crippen molar-refractivity contribution in [3.8, 4) is 0 Å². The van der Waals surface area contributed by atoms with Gasteiger partial charge >= 0.3 is 0 Å². The van der Waals surface area contributed by atoms with Gasteiger partial charge in [-0.3, -0.25) is 0 Å². The predicted octanol–water partition coefficient (Wildman–Crippen LogP) is 4.68. The fourth-order valence-electron chi connectivity index (χ4n) is 2.90. The molecule has 2 aromatic rings. The van der Waals surface area contributed by atoms with E-state index < -0.39 is 0 Å². The Bertz CT molecular complexity index is 569. The molecule has 0 heterocycles. The Balaban J connectivity index is 2.43. The van der Waals surface area contributed by atoms with E-state index in [1.807, 2.05) is 0 Å². The second-order valence-electron chi connectivity index (χ2n) is 5.56. The van der Waals surface area contributed by atoms with Crippen molar-refractivity contribution in [3.05, 3.63) is 70.3 Å². The zero-order chi connectivity index (χ0) is 15.2. The Labute approximate surface area is 129 Å². The van der Waals surface area contributed by atoms with E-state index in [4.69, 9.17) is 0 Å². The number of benzene rings is 2. The molecule has 2 rings (SSSR count). The summed E-state index contributed by atoms with van der Waals surface area (Å²) >= 11 is 0. The minimum absolute atomic E-state index is 0.275. The first kappa shape index (κ1) is 15.8. The number of hydrogen-bond acceptors (Lipinski definition) is 1. The Morgan fingerprint density at radius 1 is 0.810 bits per heavy atom. The van der Waals surface area contributed by atoms with Gasteiger partial charge in [0, 0.05) is 0 Å². The lowest BCUT2D eigenvalue weighted by Gasteiger charge is -2.21. The smallest absolute Gasteiger partial charge is 0.0577 e. The predicted molar refractivity (Wildman–Crippen MR) is 91.9 cm³/mol. The Kier molecular flexibility index (Phi) is 5.58. The first-order valence-electron chi connectivity index (χ1n) is 8.11. The zero-order valence-electron chi connectivity index (χ0n) is 13.7. The van der Waals surface area contributed by atoms with Crippen LogP contribution in [0.3, 0.4) is 0 Å². The van der Waals surface area contributed by atoms with Gasteiger partial charge in [-0.2, -0.15) is 0 Å². The van der Waals surface area contributed by atoms with Crippen LogP contribution in [-0.4, -0.2) is 7.05 Å². The van der Waals surface area contributed by atoms with Crippen molar-refractivity contribution in [2.75, 3.05) is 7.05 Å². The molecular formula is C20H27N. The lowest BCUT2D eigenvalue weighted by molar-refractivity contribution is 0.682. The quantitative estimate of drug-likeness (QED) is 0.810. The van der Waals surface area contributed by atoms with Gasteiger partial charge in [0.05, 0.1) is 6.04 Å².